The maximum atomic E-state index is 12.9. The van der Waals surface area contributed by atoms with Gasteiger partial charge in [0.1, 0.15) is 11.5 Å². The molecule has 31 heavy (non-hydrogen) atoms. The number of para-hydroxylation sites is 1. The normalized spacial score (nSPS) is 10.4. The molecule has 9 heteroatoms. The number of carbonyl (C=O) groups excluding carboxylic acids is 1. The number of benzene rings is 2. The van der Waals surface area contributed by atoms with Gasteiger partial charge in [-0.25, -0.2) is 0 Å². The van der Waals surface area contributed by atoms with Crippen LogP contribution in [0.1, 0.15) is 13.3 Å². The van der Waals surface area contributed by atoms with Crippen LogP contribution in [-0.2, 0) is 4.79 Å². The lowest BCUT2D eigenvalue weighted by atomic mass is 10.2. The van der Waals surface area contributed by atoms with Gasteiger partial charge in [-0.1, -0.05) is 23.9 Å². The van der Waals surface area contributed by atoms with Crippen LogP contribution in [0.15, 0.2) is 58.2 Å². The summed E-state index contributed by atoms with van der Waals surface area (Å²) in [5, 5.41) is 17.3. The van der Waals surface area contributed by atoms with Crippen LogP contribution < -0.4 is 14.4 Å². The van der Waals surface area contributed by atoms with Crippen LogP contribution in [0, 0.1) is 11.3 Å². The molecule has 0 radical (unpaired) electrons. The lowest BCUT2D eigenvalue weighted by Gasteiger charge is -2.21. The molecule has 1 heterocycles. The van der Waals surface area contributed by atoms with E-state index in [2.05, 4.69) is 16.3 Å². The van der Waals surface area contributed by atoms with Crippen molar-refractivity contribution in [1.82, 2.24) is 10.2 Å². The molecular weight excluding hydrogens is 416 g/mol. The number of carbonyl (C=O) groups is 1. The van der Waals surface area contributed by atoms with Crippen LogP contribution in [0.25, 0.3) is 11.5 Å². The summed E-state index contributed by atoms with van der Waals surface area (Å²) in [6.45, 7) is 2.76. The quantitative estimate of drug-likeness (QED) is 0.435. The second-order valence-corrected chi connectivity index (χ2v) is 7.17. The Hall–Kier alpha value is -3.51. The average Bonchev–Trinajstić information content (AvgIpc) is 3.28. The van der Waals surface area contributed by atoms with E-state index in [1.165, 1.54) is 0 Å². The number of hydrogen-bond acceptors (Lipinski definition) is 8. The molecule has 3 aromatic rings. The number of anilines is 1. The molecule has 1 amide bonds. The minimum absolute atomic E-state index is 0.0895. The van der Waals surface area contributed by atoms with E-state index < -0.39 is 0 Å². The van der Waals surface area contributed by atoms with Crippen molar-refractivity contribution in [1.29, 1.82) is 5.26 Å². The smallest absolute Gasteiger partial charge is 0.277 e. The molecule has 8 nitrogen and oxygen atoms in total. The molecule has 0 aliphatic rings. The summed E-state index contributed by atoms with van der Waals surface area (Å²) in [6.07, 6.45) is 0.224. The summed E-state index contributed by atoms with van der Waals surface area (Å²) >= 11 is 1.15. The van der Waals surface area contributed by atoms with Gasteiger partial charge in [-0.15, -0.1) is 10.2 Å². The maximum Gasteiger partial charge on any atom is 0.277 e. The Morgan fingerprint density at radius 2 is 1.97 bits per heavy atom. The van der Waals surface area contributed by atoms with E-state index in [0.717, 1.165) is 17.5 Å². The highest BCUT2D eigenvalue weighted by atomic mass is 32.2. The monoisotopic (exact) mass is 438 g/mol. The standard InChI is InChI=1S/C22H22N4O4S/c1-3-29-17-11-9-16(10-12-17)26(14-6-13-23)20(27)15-31-22-25-24-21(30-22)18-7-4-5-8-19(18)28-2/h4-5,7-12H,3,6,14-15H2,1-2H3. The molecule has 0 unspecified atom stereocenters. The third-order valence-corrected chi connectivity index (χ3v) is 5.07. The molecule has 2 aromatic carbocycles. The highest BCUT2D eigenvalue weighted by Crippen LogP contribution is 2.30. The molecule has 0 bridgehead atoms. The van der Waals surface area contributed by atoms with Gasteiger partial charge in [0.2, 0.25) is 5.91 Å². The van der Waals surface area contributed by atoms with Crippen LogP contribution in [-0.4, -0.2) is 42.1 Å². The number of hydrogen-bond donors (Lipinski definition) is 0. The Morgan fingerprint density at radius 1 is 1.19 bits per heavy atom. The highest BCUT2D eigenvalue weighted by molar-refractivity contribution is 7.99. The molecule has 160 valence electrons. The fourth-order valence-corrected chi connectivity index (χ4v) is 3.49. The number of ether oxygens (including phenoxy) is 2. The third kappa shape index (κ3) is 5.77. The molecule has 0 fully saturated rings. The second-order valence-electron chi connectivity index (χ2n) is 6.24. The lowest BCUT2D eigenvalue weighted by molar-refractivity contribution is -0.116. The van der Waals surface area contributed by atoms with Gasteiger partial charge in [-0.2, -0.15) is 5.26 Å². The minimum atomic E-state index is -0.165. The lowest BCUT2D eigenvalue weighted by Crippen LogP contribution is -2.33. The SMILES string of the molecule is CCOc1ccc(N(CCC#N)C(=O)CSc2nnc(-c3ccccc3OC)o2)cc1. The predicted molar refractivity (Wildman–Crippen MR) is 117 cm³/mol. The van der Waals surface area contributed by atoms with Gasteiger partial charge < -0.3 is 18.8 Å². The van der Waals surface area contributed by atoms with Gasteiger partial charge in [-0.3, -0.25) is 4.79 Å². The number of aromatic nitrogens is 2. The molecular formula is C22H22N4O4S. The van der Waals surface area contributed by atoms with Crippen molar-refractivity contribution in [2.45, 2.75) is 18.6 Å². The molecule has 1 aromatic heterocycles. The zero-order valence-electron chi connectivity index (χ0n) is 17.3. The molecule has 0 aliphatic carbocycles. The topological polar surface area (TPSA) is 101 Å². The van der Waals surface area contributed by atoms with E-state index >= 15 is 0 Å². The second kappa shape index (κ2) is 11.0. The van der Waals surface area contributed by atoms with Gasteiger partial charge in [-0.05, 0) is 43.3 Å². The Bertz CT molecular complexity index is 1050. The first-order chi connectivity index (χ1) is 15.2. The van der Waals surface area contributed by atoms with E-state index in [1.54, 1.807) is 42.3 Å². The zero-order valence-corrected chi connectivity index (χ0v) is 18.1. The summed E-state index contributed by atoms with van der Waals surface area (Å²) in [4.78, 5) is 14.4. The molecule has 3 rings (SSSR count). The van der Waals surface area contributed by atoms with E-state index in [0.29, 0.717) is 36.0 Å². The number of rotatable bonds is 10. The number of methoxy groups -OCH3 is 1. The van der Waals surface area contributed by atoms with Crippen molar-refractivity contribution >= 4 is 23.4 Å². The Kier molecular flexibility index (Phi) is 7.90. The first kappa shape index (κ1) is 22.2. The molecule has 0 saturated carbocycles. The van der Waals surface area contributed by atoms with Crippen LogP contribution in [0.4, 0.5) is 5.69 Å². The number of amides is 1. The van der Waals surface area contributed by atoms with Crippen molar-refractivity contribution in [2.75, 3.05) is 30.9 Å². The van der Waals surface area contributed by atoms with Gasteiger partial charge in [0.25, 0.3) is 11.1 Å². The summed E-state index contributed by atoms with van der Waals surface area (Å²) in [5.41, 5.74) is 1.38. The summed E-state index contributed by atoms with van der Waals surface area (Å²) in [7, 11) is 1.57. The Morgan fingerprint density at radius 3 is 2.68 bits per heavy atom. The fraction of sp³-hybridized carbons (Fsp3) is 0.273. The summed E-state index contributed by atoms with van der Waals surface area (Å²) in [6, 6.07) is 16.6. The van der Waals surface area contributed by atoms with Crippen molar-refractivity contribution in [3.05, 3.63) is 48.5 Å². The first-order valence-corrected chi connectivity index (χ1v) is 10.6. The number of thioether (sulfide) groups is 1. The average molecular weight is 439 g/mol. The van der Waals surface area contributed by atoms with Gasteiger partial charge in [0, 0.05) is 12.2 Å². The van der Waals surface area contributed by atoms with Crippen LogP contribution in [0.2, 0.25) is 0 Å². The molecule has 0 saturated heterocycles. The predicted octanol–water partition coefficient (Wildman–Crippen LogP) is 4.18. The van der Waals surface area contributed by atoms with E-state index in [4.69, 9.17) is 19.2 Å². The minimum Gasteiger partial charge on any atom is -0.496 e. The van der Waals surface area contributed by atoms with Gasteiger partial charge in [0.15, 0.2) is 0 Å². The summed E-state index contributed by atoms with van der Waals surface area (Å²) < 4.78 is 16.5. The third-order valence-electron chi connectivity index (χ3n) is 4.27. The Balaban J connectivity index is 1.68. The molecule has 0 aliphatic heterocycles. The van der Waals surface area contributed by atoms with Crippen molar-refractivity contribution in [3.8, 4) is 29.0 Å². The van der Waals surface area contributed by atoms with E-state index in [1.807, 2.05) is 25.1 Å². The van der Waals surface area contributed by atoms with Crippen LogP contribution in [0.5, 0.6) is 11.5 Å². The number of nitrogens with zero attached hydrogens (tertiary/aromatic N) is 4. The summed E-state index contributed by atoms with van der Waals surface area (Å²) in [5.74, 6) is 1.59. The highest BCUT2D eigenvalue weighted by Gasteiger charge is 2.19. The van der Waals surface area contributed by atoms with Crippen molar-refractivity contribution in [3.63, 3.8) is 0 Å². The first-order valence-electron chi connectivity index (χ1n) is 9.66. The molecule has 0 spiro atoms. The molecule has 0 N–H and O–H groups in total. The van der Waals surface area contributed by atoms with Crippen molar-refractivity contribution in [2.24, 2.45) is 0 Å². The van der Waals surface area contributed by atoms with Crippen LogP contribution >= 0.6 is 11.8 Å². The van der Waals surface area contributed by atoms with E-state index in [-0.39, 0.29) is 23.3 Å². The van der Waals surface area contributed by atoms with Gasteiger partial charge >= 0.3 is 0 Å². The number of nitriles is 1. The maximum absolute atomic E-state index is 12.9. The molecule has 0 atom stereocenters. The van der Waals surface area contributed by atoms with Gasteiger partial charge in [0.05, 0.1) is 37.5 Å². The van der Waals surface area contributed by atoms with E-state index in [9.17, 15) is 4.79 Å². The fourth-order valence-electron chi connectivity index (χ4n) is 2.85. The zero-order chi connectivity index (χ0) is 22.1. The van der Waals surface area contributed by atoms with Crippen molar-refractivity contribution < 1.29 is 18.7 Å². The largest absolute Gasteiger partial charge is 0.496 e. The van der Waals surface area contributed by atoms with Crippen LogP contribution in [0.3, 0.4) is 0 Å². The Labute approximate surface area is 184 Å².